The zero-order valence-corrected chi connectivity index (χ0v) is 8.38. The van der Waals surface area contributed by atoms with E-state index in [1.165, 1.54) is 12.1 Å². The van der Waals surface area contributed by atoms with Gasteiger partial charge in [-0.3, -0.25) is 0 Å². The van der Waals surface area contributed by atoms with E-state index in [-0.39, 0.29) is 12.4 Å². The van der Waals surface area contributed by atoms with Crippen molar-refractivity contribution in [3.8, 4) is 0 Å². The Hall–Kier alpha value is -0.530. The highest BCUT2D eigenvalue weighted by Gasteiger charge is 2.01. The maximum atomic E-state index is 2.31. The first-order chi connectivity index (χ1) is 5.33. The van der Waals surface area contributed by atoms with Crippen LogP contribution in [0, 0.1) is 0 Å². The minimum absolute atomic E-state index is 0. The average molecular weight is 186 g/mol. The molecule has 1 nitrogen and oxygen atoms in total. The highest BCUT2D eigenvalue weighted by molar-refractivity contribution is 5.26. The van der Waals surface area contributed by atoms with Gasteiger partial charge in [0, 0.05) is 0 Å². The van der Waals surface area contributed by atoms with Crippen molar-refractivity contribution in [3.05, 3.63) is 30.3 Å². The van der Waals surface area contributed by atoms with E-state index in [4.69, 9.17) is 0 Å². The van der Waals surface area contributed by atoms with Crippen LogP contribution in [0.1, 0.15) is 20.3 Å². The molecule has 2 heteroatoms. The highest BCUT2D eigenvalue weighted by Crippen LogP contribution is 1.97. The Balaban J connectivity index is 0.00000121. The van der Waals surface area contributed by atoms with Gasteiger partial charge in [0.2, 0.25) is 0 Å². The monoisotopic (exact) mass is 185 g/mol. The summed E-state index contributed by atoms with van der Waals surface area (Å²) in [6.07, 6.45) is 1.22. The molecule has 0 aromatic heterocycles. The number of para-hydroxylation sites is 1. The fourth-order valence-electron chi connectivity index (χ4n) is 1.01. The van der Waals surface area contributed by atoms with E-state index >= 15 is 0 Å². The quantitative estimate of drug-likeness (QED) is 0.563. The van der Waals surface area contributed by atoms with Crippen LogP contribution in [0.4, 0.5) is 5.69 Å². The average Bonchev–Trinajstić information content (AvgIpc) is 2.06. The lowest BCUT2D eigenvalue weighted by Gasteiger charge is -2.05. The number of quaternary nitrogens is 1. The number of nitrogens with two attached hydrogens (primary N) is 1. The zero-order chi connectivity index (χ0) is 8.10. The van der Waals surface area contributed by atoms with Crippen LogP contribution in [0.25, 0.3) is 0 Å². The van der Waals surface area contributed by atoms with Crippen LogP contribution in [0.3, 0.4) is 0 Å². The number of benzene rings is 1. The molecule has 1 unspecified atom stereocenters. The van der Waals surface area contributed by atoms with Crippen molar-refractivity contribution in [2.75, 3.05) is 0 Å². The van der Waals surface area contributed by atoms with Gasteiger partial charge in [-0.15, -0.1) is 0 Å². The molecular weight excluding hydrogens is 170 g/mol. The minimum Gasteiger partial charge on any atom is -1.00 e. The van der Waals surface area contributed by atoms with Gasteiger partial charge in [0.1, 0.15) is 5.69 Å². The van der Waals surface area contributed by atoms with Crippen LogP contribution >= 0.6 is 0 Å². The van der Waals surface area contributed by atoms with E-state index in [1.807, 2.05) is 6.07 Å². The molecule has 1 atom stereocenters. The molecular formula is C10H16ClN. The first kappa shape index (κ1) is 11.5. The molecule has 1 aromatic rings. The second kappa shape index (κ2) is 6.04. The van der Waals surface area contributed by atoms with Crippen molar-refractivity contribution in [3.63, 3.8) is 0 Å². The maximum Gasteiger partial charge on any atom is 0.129 e. The minimum atomic E-state index is 0. The number of halogens is 1. The summed E-state index contributed by atoms with van der Waals surface area (Å²) >= 11 is 0. The van der Waals surface area contributed by atoms with Gasteiger partial charge < -0.3 is 17.7 Å². The molecule has 0 aliphatic carbocycles. The van der Waals surface area contributed by atoms with Crippen LogP contribution in [0.2, 0.25) is 0 Å². The molecule has 0 radical (unpaired) electrons. The normalized spacial score (nSPS) is 11.8. The van der Waals surface area contributed by atoms with Gasteiger partial charge in [-0.05, 0) is 25.5 Å². The topological polar surface area (TPSA) is 16.6 Å². The molecule has 2 N–H and O–H groups in total. The van der Waals surface area contributed by atoms with Gasteiger partial charge in [-0.2, -0.15) is 0 Å². The molecule has 0 bridgehead atoms. The first-order valence-corrected chi connectivity index (χ1v) is 4.23. The third-order valence-corrected chi connectivity index (χ3v) is 1.92. The lowest BCUT2D eigenvalue weighted by molar-refractivity contribution is -0.607. The van der Waals surface area contributed by atoms with Gasteiger partial charge in [0.25, 0.3) is 0 Å². The summed E-state index contributed by atoms with van der Waals surface area (Å²) in [5.41, 5.74) is 1.34. The summed E-state index contributed by atoms with van der Waals surface area (Å²) in [7, 11) is 0. The molecule has 1 rings (SSSR count). The molecule has 0 saturated heterocycles. The molecule has 0 heterocycles. The lowest BCUT2D eigenvalue weighted by atomic mass is 10.2. The van der Waals surface area contributed by atoms with Crippen LogP contribution < -0.4 is 17.7 Å². The predicted octanol–water partition coefficient (Wildman–Crippen LogP) is -1.32. The van der Waals surface area contributed by atoms with Crippen LogP contribution in [0.15, 0.2) is 30.3 Å². The highest BCUT2D eigenvalue weighted by atomic mass is 35.5. The summed E-state index contributed by atoms with van der Waals surface area (Å²) in [5.74, 6) is 0. The first-order valence-electron chi connectivity index (χ1n) is 4.23. The van der Waals surface area contributed by atoms with Gasteiger partial charge in [0.15, 0.2) is 0 Å². The standard InChI is InChI=1S/C10H15N.ClH/c1-3-9(2)11-10-7-5-4-6-8-10;/h4-9,11H,3H2,1-2H3;1H. The Bertz CT molecular complexity index is 198. The molecule has 0 fully saturated rings. The fourth-order valence-corrected chi connectivity index (χ4v) is 1.01. The lowest BCUT2D eigenvalue weighted by Crippen LogP contribution is -3.00. The van der Waals surface area contributed by atoms with Crippen molar-refractivity contribution < 1.29 is 17.7 Å². The molecule has 0 spiro atoms. The number of hydrogen-bond donors (Lipinski definition) is 1. The van der Waals surface area contributed by atoms with Crippen molar-refractivity contribution in [2.24, 2.45) is 0 Å². The van der Waals surface area contributed by atoms with Crippen LogP contribution in [-0.2, 0) is 0 Å². The van der Waals surface area contributed by atoms with Gasteiger partial charge in [-0.1, -0.05) is 25.1 Å². The summed E-state index contributed by atoms with van der Waals surface area (Å²) in [4.78, 5) is 0. The fraction of sp³-hybridized carbons (Fsp3) is 0.400. The van der Waals surface area contributed by atoms with Crippen molar-refractivity contribution in [2.45, 2.75) is 26.3 Å². The Morgan fingerprint density at radius 1 is 1.25 bits per heavy atom. The molecule has 0 aliphatic rings. The second-order valence-electron chi connectivity index (χ2n) is 2.96. The summed E-state index contributed by atoms with van der Waals surface area (Å²) < 4.78 is 0. The van der Waals surface area contributed by atoms with Crippen molar-refractivity contribution >= 4 is 5.69 Å². The van der Waals surface area contributed by atoms with Gasteiger partial charge >= 0.3 is 0 Å². The van der Waals surface area contributed by atoms with Gasteiger partial charge in [0.05, 0.1) is 6.04 Å². The largest absolute Gasteiger partial charge is 1.00 e. The van der Waals surface area contributed by atoms with E-state index in [0.29, 0.717) is 6.04 Å². The Kier molecular flexibility index (Phi) is 5.77. The Morgan fingerprint density at radius 2 is 1.83 bits per heavy atom. The molecule has 12 heavy (non-hydrogen) atoms. The second-order valence-corrected chi connectivity index (χ2v) is 2.96. The molecule has 0 saturated carbocycles. The summed E-state index contributed by atoms with van der Waals surface area (Å²) in [6.45, 7) is 4.46. The van der Waals surface area contributed by atoms with Crippen molar-refractivity contribution in [1.82, 2.24) is 0 Å². The third-order valence-electron chi connectivity index (χ3n) is 1.92. The summed E-state index contributed by atoms with van der Waals surface area (Å²) in [5, 5.41) is 2.31. The van der Waals surface area contributed by atoms with Gasteiger partial charge in [-0.25, -0.2) is 0 Å². The van der Waals surface area contributed by atoms with E-state index in [0.717, 1.165) is 0 Å². The zero-order valence-electron chi connectivity index (χ0n) is 7.63. The smallest absolute Gasteiger partial charge is 0.129 e. The molecule has 0 amide bonds. The Labute approximate surface area is 80.6 Å². The molecule has 68 valence electrons. The Morgan fingerprint density at radius 3 is 2.33 bits per heavy atom. The van der Waals surface area contributed by atoms with Crippen LogP contribution in [-0.4, -0.2) is 6.04 Å². The summed E-state index contributed by atoms with van der Waals surface area (Å²) in [6, 6.07) is 11.2. The van der Waals surface area contributed by atoms with Crippen molar-refractivity contribution in [1.29, 1.82) is 0 Å². The van der Waals surface area contributed by atoms with E-state index < -0.39 is 0 Å². The SMILES string of the molecule is CCC(C)[NH2+]c1ccccc1.[Cl-]. The molecule has 1 aromatic carbocycles. The predicted molar refractivity (Wildman–Crippen MR) is 47.8 cm³/mol. The number of hydrogen-bond acceptors (Lipinski definition) is 0. The maximum absolute atomic E-state index is 2.31. The van der Waals surface area contributed by atoms with E-state index in [2.05, 4.69) is 43.4 Å². The van der Waals surface area contributed by atoms with Crippen LogP contribution in [0.5, 0.6) is 0 Å². The molecule has 0 aliphatic heterocycles. The third kappa shape index (κ3) is 3.74. The van der Waals surface area contributed by atoms with E-state index in [1.54, 1.807) is 0 Å². The van der Waals surface area contributed by atoms with E-state index in [9.17, 15) is 0 Å². The number of rotatable bonds is 3.